The van der Waals surface area contributed by atoms with E-state index in [4.69, 9.17) is 5.11 Å². The number of rotatable bonds is 5. The van der Waals surface area contributed by atoms with E-state index < -0.39 is 5.97 Å². The van der Waals surface area contributed by atoms with Gasteiger partial charge in [0.25, 0.3) is 0 Å². The topological polar surface area (TPSA) is 69.2 Å². The van der Waals surface area contributed by atoms with E-state index in [1.165, 1.54) is 24.0 Å². The Morgan fingerprint density at radius 2 is 1.92 bits per heavy atom. The molecule has 0 unspecified atom stereocenters. The van der Waals surface area contributed by atoms with Crippen LogP contribution in [0.1, 0.15) is 70.7 Å². The van der Waals surface area contributed by atoms with Crippen LogP contribution in [-0.2, 0) is 6.54 Å². The minimum Gasteiger partial charge on any atom is -0.476 e. The number of nitrogens with zero attached hydrogens (tertiary/aromatic N) is 2. The third-order valence-electron chi connectivity index (χ3n) is 5.55. The molecule has 1 saturated carbocycles. The highest BCUT2D eigenvalue weighted by atomic mass is 16.4. The van der Waals surface area contributed by atoms with E-state index in [1.54, 1.807) is 6.92 Å². The lowest BCUT2D eigenvalue weighted by Crippen LogP contribution is -2.33. The van der Waals surface area contributed by atoms with E-state index in [9.17, 15) is 4.79 Å². The zero-order valence-corrected chi connectivity index (χ0v) is 14.7. The summed E-state index contributed by atoms with van der Waals surface area (Å²) in [6.07, 6.45) is 4.72. The second-order valence-electron chi connectivity index (χ2n) is 7.42. The van der Waals surface area contributed by atoms with Gasteiger partial charge in [-0.1, -0.05) is 24.3 Å². The van der Waals surface area contributed by atoms with Crippen molar-refractivity contribution < 1.29 is 9.90 Å². The molecule has 2 aromatic rings. The van der Waals surface area contributed by atoms with E-state index in [0.717, 1.165) is 44.2 Å². The molecule has 25 heavy (non-hydrogen) atoms. The van der Waals surface area contributed by atoms with Crippen LogP contribution in [0.4, 0.5) is 0 Å². The molecule has 4 rings (SSSR count). The van der Waals surface area contributed by atoms with Gasteiger partial charge in [-0.15, -0.1) is 0 Å². The number of benzene rings is 1. The first-order chi connectivity index (χ1) is 12.1. The maximum absolute atomic E-state index is 11.2. The van der Waals surface area contributed by atoms with Crippen molar-refractivity contribution in [3.05, 3.63) is 52.6 Å². The Morgan fingerprint density at radius 3 is 2.56 bits per heavy atom. The minimum absolute atomic E-state index is 0.163. The maximum Gasteiger partial charge on any atom is 0.356 e. The van der Waals surface area contributed by atoms with Gasteiger partial charge in [-0.25, -0.2) is 9.78 Å². The van der Waals surface area contributed by atoms with E-state index in [1.807, 2.05) is 0 Å². The van der Waals surface area contributed by atoms with E-state index in [-0.39, 0.29) is 5.69 Å². The number of nitrogens with one attached hydrogen (secondary N) is 1. The fourth-order valence-corrected chi connectivity index (χ4v) is 3.96. The monoisotopic (exact) mass is 339 g/mol. The maximum atomic E-state index is 11.2. The highest BCUT2D eigenvalue weighted by molar-refractivity contribution is 5.86. The molecular weight excluding hydrogens is 314 g/mol. The van der Waals surface area contributed by atoms with Crippen LogP contribution in [0.5, 0.6) is 0 Å². The summed E-state index contributed by atoms with van der Waals surface area (Å²) in [5.74, 6) is 1.01. The molecule has 0 radical (unpaired) electrons. The molecule has 1 aliphatic heterocycles. The summed E-state index contributed by atoms with van der Waals surface area (Å²) >= 11 is 0. The normalized spacial score (nSPS) is 19.2. The average Bonchev–Trinajstić information content (AvgIpc) is 3.37. The Kier molecular flexibility index (Phi) is 4.34. The quantitative estimate of drug-likeness (QED) is 0.872. The number of hydrogen-bond acceptors (Lipinski definition) is 3. The van der Waals surface area contributed by atoms with Crippen LogP contribution in [0, 0.1) is 6.92 Å². The van der Waals surface area contributed by atoms with Gasteiger partial charge in [0.15, 0.2) is 5.69 Å². The highest BCUT2D eigenvalue weighted by Gasteiger charge is 2.28. The van der Waals surface area contributed by atoms with E-state index in [0.29, 0.717) is 11.6 Å². The Bertz CT molecular complexity index is 771. The van der Waals surface area contributed by atoms with Gasteiger partial charge in [-0.05, 0) is 62.7 Å². The molecule has 5 heteroatoms. The number of H-pyrrole nitrogens is 1. The molecule has 2 N–H and O–H groups in total. The molecule has 2 aliphatic rings. The molecule has 1 saturated heterocycles. The number of aromatic nitrogens is 2. The summed E-state index contributed by atoms with van der Waals surface area (Å²) < 4.78 is 0. The molecule has 132 valence electrons. The van der Waals surface area contributed by atoms with Crippen LogP contribution in [0.3, 0.4) is 0 Å². The van der Waals surface area contributed by atoms with Crippen molar-refractivity contribution in [1.82, 2.24) is 14.9 Å². The summed E-state index contributed by atoms with van der Waals surface area (Å²) in [6, 6.07) is 8.86. The number of aromatic amines is 1. The Balaban J connectivity index is 1.39. The largest absolute Gasteiger partial charge is 0.476 e. The molecule has 1 aromatic carbocycles. The number of hydrogen-bond donors (Lipinski definition) is 2. The summed E-state index contributed by atoms with van der Waals surface area (Å²) in [6.45, 7) is 4.87. The third-order valence-corrected chi connectivity index (χ3v) is 5.55. The lowest BCUT2D eigenvalue weighted by molar-refractivity contribution is 0.0690. The van der Waals surface area contributed by atoms with Crippen molar-refractivity contribution >= 4 is 5.97 Å². The summed E-state index contributed by atoms with van der Waals surface area (Å²) in [7, 11) is 0. The van der Waals surface area contributed by atoms with Crippen molar-refractivity contribution in [2.75, 3.05) is 13.1 Å². The first-order valence-electron chi connectivity index (χ1n) is 9.21. The van der Waals surface area contributed by atoms with Gasteiger partial charge in [0, 0.05) is 18.2 Å². The van der Waals surface area contributed by atoms with Crippen molar-refractivity contribution in [1.29, 1.82) is 0 Å². The van der Waals surface area contributed by atoms with Crippen molar-refractivity contribution in [2.45, 2.75) is 51.0 Å². The fourth-order valence-electron chi connectivity index (χ4n) is 3.96. The highest BCUT2D eigenvalue weighted by Crippen LogP contribution is 2.42. The number of imidazole rings is 1. The molecule has 2 fully saturated rings. The van der Waals surface area contributed by atoms with Crippen LogP contribution in [0.15, 0.2) is 24.3 Å². The Hall–Kier alpha value is -2.14. The van der Waals surface area contributed by atoms with Crippen LogP contribution in [-0.4, -0.2) is 39.0 Å². The molecule has 1 aromatic heterocycles. The summed E-state index contributed by atoms with van der Waals surface area (Å²) in [5.41, 5.74) is 3.84. The van der Waals surface area contributed by atoms with Gasteiger partial charge >= 0.3 is 5.97 Å². The lowest BCUT2D eigenvalue weighted by atomic mass is 9.95. The van der Waals surface area contributed by atoms with E-state index >= 15 is 0 Å². The smallest absolute Gasteiger partial charge is 0.356 e. The predicted octanol–water partition coefficient (Wildman–Crippen LogP) is 3.67. The third kappa shape index (κ3) is 3.47. The SMILES string of the molecule is Cc1[nH]c(C2CCN(Cc3ccccc3C3CC3)CC2)nc1C(=O)O. The number of carbonyl (C=O) groups is 1. The number of carboxylic acid groups (broad SMARTS) is 1. The van der Waals surface area contributed by atoms with Gasteiger partial charge in [0.05, 0.1) is 0 Å². The molecule has 0 amide bonds. The number of carboxylic acids is 1. The second-order valence-corrected chi connectivity index (χ2v) is 7.42. The number of aromatic carboxylic acids is 1. The fraction of sp³-hybridized carbons (Fsp3) is 0.500. The second kappa shape index (κ2) is 6.64. The predicted molar refractivity (Wildman–Crippen MR) is 96.0 cm³/mol. The van der Waals surface area contributed by atoms with Gasteiger partial charge in [-0.3, -0.25) is 4.90 Å². The minimum atomic E-state index is -0.950. The zero-order chi connectivity index (χ0) is 17.4. The number of likely N-dealkylation sites (tertiary alicyclic amines) is 1. The molecule has 5 nitrogen and oxygen atoms in total. The first kappa shape index (κ1) is 16.3. The molecule has 0 spiro atoms. The van der Waals surface area contributed by atoms with Crippen LogP contribution >= 0.6 is 0 Å². The van der Waals surface area contributed by atoms with Crippen LogP contribution in [0.2, 0.25) is 0 Å². The number of aryl methyl sites for hydroxylation is 1. The van der Waals surface area contributed by atoms with Gasteiger partial charge < -0.3 is 10.1 Å². The average molecular weight is 339 g/mol. The summed E-state index contributed by atoms with van der Waals surface area (Å²) in [4.78, 5) is 21.2. The molecular formula is C20H25N3O2. The summed E-state index contributed by atoms with van der Waals surface area (Å²) in [5, 5.41) is 9.17. The van der Waals surface area contributed by atoms with Gasteiger partial charge in [-0.2, -0.15) is 0 Å². The number of piperidine rings is 1. The van der Waals surface area contributed by atoms with Gasteiger partial charge in [0.1, 0.15) is 5.82 Å². The van der Waals surface area contributed by atoms with Crippen molar-refractivity contribution in [3.8, 4) is 0 Å². The van der Waals surface area contributed by atoms with Crippen molar-refractivity contribution in [2.24, 2.45) is 0 Å². The van der Waals surface area contributed by atoms with Crippen molar-refractivity contribution in [3.63, 3.8) is 0 Å². The molecule has 2 heterocycles. The molecule has 0 atom stereocenters. The van der Waals surface area contributed by atoms with Crippen LogP contribution < -0.4 is 0 Å². The Labute approximate surface area is 148 Å². The lowest BCUT2D eigenvalue weighted by Gasteiger charge is -2.31. The molecule has 0 bridgehead atoms. The standard InChI is InChI=1S/C20H25N3O2/c1-13-18(20(24)25)22-19(21-13)15-8-10-23(11-9-15)12-16-4-2-3-5-17(16)14-6-7-14/h2-5,14-15H,6-12H2,1H3,(H,21,22)(H,24,25). The first-order valence-corrected chi connectivity index (χ1v) is 9.21. The van der Waals surface area contributed by atoms with Crippen LogP contribution in [0.25, 0.3) is 0 Å². The molecule has 1 aliphatic carbocycles. The Morgan fingerprint density at radius 1 is 1.20 bits per heavy atom. The van der Waals surface area contributed by atoms with E-state index in [2.05, 4.69) is 39.1 Å². The zero-order valence-electron chi connectivity index (χ0n) is 14.7. The van der Waals surface area contributed by atoms with Gasteiger partial charge in [0.2, 0.25) is 0 Å².